The van der Waals surface area contributed by atoms with Gasteiger partial charge in [0.25, 0.3) is 0 Å². The van der Waals surface area contributed by atoms with Crippen molar-refractivity contribution in [3.05, 3.63) is 12.2 Å². The van der Waals surface area contributed by atoms with E-state index in [1.165, 1.54) is 0 Å². The second-order valence-electron chi connectivity index (χ2n) is 4.00. The molecule has 0 aromatic rings. The summed E-state index contributed by atoms with van der Waals surface area (Å²) in [6, 6.07) is 0. The van der Waals surface area contributed by atoms with Crippen molar-refractivity contribution in [2.75, 3.05) is 0 Å². The molecule has 1 rings (SSSR count). The molecule has 1 saturated carbocycles. The highest BCUT2D eigenvalue weighted by atomic mass is 16.4. The van der Waals surface area contributed by atoms with Crippen LogP contribution in [0.15, 0.2) is 12.2 Å². The van der Waals surface area contributed by atoms with Crippen LogP contribution < -0.4 is 0 Å². The van der Waals surface area contributed by atoms with Gasteiger partial charge in [-0.25, -0.2) is 0 Å². The van der Waals surface area contributed by atoms with E-state index < -0.39 is 5.97 Å². The van der Waals surface area contributed by atoms with E-state index in [-0.39, 0.29) is 17.3 Å². The van der Waals surface area contributed by atoms with Crippen molar-refractivity contribution in [1.29, 1.82) is 0 Å². The molecule has 68 valence electrons. The van der Waals surface area contributed by atoms with Gasteiger partial charge in [0.05, 0.1) is 5.92 Å². The van der Waals surface area contributed by atoms with Gasteiger partial charge in [-0.1, -0.05) is 32.9 Å². The van der Waals surface area contributed by atoms with Crippen LogP contribution in [0.5, 0.6) is 0 Å². The Kier molecular flexibility index (Phi) is 2.27. The molecule has 1 fully saturated rings. The number of carboxylic acid groups (broad SMARTS) is 1. The first-order chi connectivity index (χ1) is 5.51. The lowest BCUT2D eigenvalue weighted by atomic mass is 10.1. The highest BCUT2D eigenvalue weighted by Crippen LogP contribution is 2.59. The Morgan fingerprint density at radius 3 is 2.50 bits per heavy atom. The molecule has 12 heavy (non-hydrogen) atoms. The van der Waals surface area contributed by atoms with Crippen LogP contribution in [-0.2, 0) is 4.79 Å². The summed E-state index contributed by atoms with van der Waals surface area (Å²) < 4.78 is 0. The van der Waals surface area contributed by atoms with Gasteiger partial charge >= 0.3 is 5.97 Å². The number of hydrogen-bond acceptors (Lipinski definition) is 1. The van der Waals surface area contributed by atoms with Gasteiger partial charge in [0, 0.05) is 0 Å². The molecule has 1 aliphatic carbocycles. The number of carboxylic acids is 1. The van der Waals surface area contributed by atoms with Crippen molar-refractivity contribution in [3.63, 3.8) is 0 Å². The molecule has 2 heteroatoms. The second-order valence-corrected chi connectivity index (χ2v) is 4.00. The van der Waals surface area contributed by atoms with Gasteiger partial charge in [-0.05, 0) is 17.8 Å². The summed E-state index contributed by atoms with van der Waals surface area (Å²) in [5.74, 6) is -0.582. The van der Waals surface area contributed by atoms with Crippen molar-refractivity contribution in [1.82, 2.24) is 0 Å². The van der Waals surface area contributed by atoms with Gasteiger partial charge in [0.2, 0.25) is 0 Å². The van der Waals surface area contributed by atoms with E-state index in [4.69, 9.17) is 5.11 Å². The highest BCUT2D eigenvalue weighted by molar-refractivity contribution is 5.76. The Morgan fingerprint density at radius 1 is 1.58 bits per heavy atom. The fourth-order valence-electron chi connectivity index (χ4n) is 1.79. The number of rotatable bonds is 3. The molecule has 0 aromatic carbocycles. The Morgan fingerprint density at radius 2 is 2.17 bits per heavy atom. The molecule has 2 nitrogen and oxygen atoms in total. The molecule has 0 aromatic heterocycles. The minimum Gasteiger partial charge on any atom is -0.481 e. The number of allylic oxidation sites excluding steroid dienone is 2. The zero-order valence-corrected chi connectivity index (χ0v) is 7.87. The Balaban J connectivity index is 2.60. The summed E-state index contributed by atoms with van der Waals surface area (Å²) in [6.07, 6.45) is 5.08. The molecule has 0 amide bonds. The summed E-state index contributed by atoms with van der Waals surface area (Å²) in [5.41, 5.74) is -0.0303. The van der Waals surface area contributed by atoms with Crippen LogP contribution in [0.3, 0.4) is 0 Å². The Labute approximate surface area is 73.3 Å². The molecule has 0 saturated heterocycles. The van der Waals surface area contributed by atoms with Gasteiger partial charge in [-0.2, -0.15) is 0 Å². The van der Waals surface area contributed by atoms with Gasteiger partial charge < -0.3 is 5.11 Å². The van der Waals surface area contributed by atoms with Crippen molar-refractivity contribution >= 4 is 5.97 Å². The first-order valence-corrected chi connectivity index (χ1v) is 4.41. The fraction of sp³-hybridized carbons (Fsp3) is 0.700. The Hall–Kier alpha value is -0.790. The molecule has 0 radical (unpaired) electrons. The van der Waals surface area contributed by atoms with E-state index in [0.717, 1.165) is 6.42 Å². The van der Waals surface area contributed by atoms with Crippen LogP contribution in [0.4, 0.5) is 0 Å². The summed E-state index contributed by atoms with van der Waals surface area (Å²) in [4.78, 5) is 10.7. The third-order valence-electron chi connectivity index (χ3n) is 2.76. The van der Waals surface area contributed by atoms with Crippen molar-refractivity contribution < 1.29 is 9.90 Å². The van der Waals surface area contributed by atoms with Gasteiger partial charge in [0.1, 0.15) is 0 Å². The van der Waals surface area contributed by atoms with E-state index >= 15 is 0 Å². The maximum Gasteiger partial charge on any atom is 0.307 e. The minimum absolute atomic E-state index is 0.0303. The summed E-state index contributed by atoms with van der Waals surface area (Å²) in [7, 11) is 0. The zero-order valence-electron chi connectivity index (χ0n) is 7.87. The van der Waals surface area contributed by atoms with E-state index in [1.807, 2.05) is 19.9 Å². The lowest BCUT2D eigenvalue weighted by molar-refractivity contribution is -0.139. The second kappa shape index (κ2) is 2.92. The van der Waals surface area contributed by atoms with Crippen molar-refractivity contribution in [2.24, 2.45) is 17.3 Å². The molecular weight excluding hydrogens is 152 g/mol. The quantitative estimate of drug-likeness (QED) is 0.656. The summed E-state index contributed by atoms with van der Waals surface area (Å²) >= 11 is 0. The molecule has 0 aliphatic heterocycles. The lowest BCUT2D eigenvalue weighted by Crippen LogP contribution is -2.02. The predicted octanol–water partition coefficient (Wildman–Crippen LogP) is 2.31. The SMILES string of the molecule is CCC=C[C@H]1[C@@H](C(=O)O)C1(C)C. The predicted molar refractivity (Wildman–Crippen MR) is 47.8 cm³/mol. The van der Waals surface area contributed by atoms with Crippen LogP contribution in [0.25, 0.3) is 0 Å². The zero-order chi connectivity index (χ0) is 9.35. The third kappa shape index (κ3) is 1.38. The van der Waals surface area contributed by atoms with Gasteiger partial charge in [-0.15, -0.1) is 0 Å². The van der Waals surface area contributed by atoms with E-state index in [0.29, 0.717) is 0 Å². The third-order valence-corrected chi connectivity index (χ3v) is 2.76. The number of carbonyl (C=O) groups is 1. The highest BCUT2D eigenvalue weighted by Gasteiger charge is 2.60. The maximum absolute atomic E-state index is 10.7. The maximum atomic E-state index is 10.7. The van der Waals surface area contributed by atoms with Gasteiger partial charge in [0.15, 0.2) is 0 Å². The number of aliphatic carboxylic acids is 1. The largest absolute Gasteiger partial charge is 0.481 e. The van der Waals surface area contributed by atoms with Crippen molar-refractivity contribution in [2.45, 2.75) is 27.2 Å². The average molecular weight is 168 g/mol. The monoisotopic (exact) mass is 168 g/mol. The standard InChI is InChI=1S/C10H16O2/c1-4-5-6-7-8(9(11)12)10(7,2)3/h5-8H,4H2,1-3H3,(H,11,12)/t7-,8-/m0/s1. The van der Waals surface area contributed by atoms with Crippen LogP contribution in [0, 0.1) is 17.3 Å². The van der Waals surface area contributed by atoms with Crippen molar-refractivity contribution in [3.8, 4) is 0 Å². The summed E-state index contributed by atoms with van der Waals surface area (Å²) in [5, 5.41) is 8.82. The molecular formula is C10H16O2. The Bertz CT molecular complexity index is 216. The molecule has 0 bridgehead atoms. The summed E-state index contributed by atoms with van der Waals surface area (Å²) in [6.45, 7) is 6.08. The fourth-order valence-corrected chi connectivity index (χ4v) is 1.79. The minimum atomic E-state index is -0.661. The molecule has 1 N–H and O–H groups in total. The molecule has 0 heterocycles. The van der Waals surface area contributed by atoms with Crippen LogP contribution in [0.1, 0.15) is 27.2 Å². The van der Waals surface area contributed by atoms with Gasteiger partial charge in [-0.3, -0.25) is 4.79 Å². The van der Waals surface area contributed by atoms with Crippen LogP contribution in [0.2, 0.25) is 0 Å². The van der Waals surface area contributed by atoms with Crippen LogP contribution >= 0.6 is 0 Å². The topological polar surface area (TPSA) is 37.3 Å². The molecule has 0 unspecified atom stereocenters. The van der Waals surface area contributed by atoms with Crippen LogP contribution in [-0.4, -0.2) is 11.1 Å². The number of hydrogen-bond donors (Lipinski definition) is 1. The first kappa shape index (κ1) is 9.30. The van der Waals surface area contributed by atoms with E-state index in [9.17, 15) is 4.79 Å². The smallest absolute Gasteiger partial charge is 0.307 e. The molecule has 2 atom stereocenters. The average Bonchev–Trinajstić information content (AvgIpc) is 2.49. The lowest BCUT2D eigenvalue weighted by Gasteiger charge is -1.95. The first-order valence-electron chi connectivity index (χ1n) is 4.41. The van der Waals surface area contributed by atoms with E-state index in [2.05, 4.69) is 13.0 Å². The molecule has 1 aliphatic rings. The van der Waals surface area contributed by atoms with E-state index in [1.54, 1.807) is 0 Å². The molecule has 0 spiro atoms. The normalized spacial score (nSPS) is 32.2.